The minimum Gasteiger partial charge on any atom is -0.374 e. The highest BCUT2D eigenvalue weighted by Crippen LogP contribution is 2.31. The first-order valence-corrected chi connectivity index (χ1v) is 11.1. The van der Waals surface area contributed by atoms with Crippen molar-refractivity contribution in [3.8, 4) is 0 Å². The number of anilines is 1. The highest BCUT2D eigenvalue weighted by atomic mass is 19.1. The molecule has 3 amide bonds. The van der Waals surface area contributed by atoms with Gasteiger partial charge < -0.3 is 15.5 Å². The highest BCUT2D eigenvalue weighted by Gasteiger charge is 2.28. The lowest BCUT2D eigenvalue weighted by molar-refractivity contribution is -0.134. The number of imide groups is 1. The SMILES string of the molecule is O=C1CC[C@H](Nc2ccc(C3CCN(C(=O)CN4CCNCC4)CC3)c(F)c2)C(=O)N1. The number of hydrogen-bond donors (Lipinski definition) is 3. The first-order chi connectivity index (χ1) is 15.0. The number of benzene rings is 1. The predicted octanol–water partition coefficient (Wildman–Crippen LogP) is 0.654. The molecule has 1 aromatic carbocycles. The normalized spacial score (nSPS) is 23.5. The van der Waals surface area contributed by atoms with Crippen LogP contribution >= 0.6 is 0 Å². The van der Waals surface area contributed by atoms with E-state index in [4.69, 9.17) is 0 Å². The molecule has 8 nitrogen and oxygen atoms in total. The average molecular weight is 432 g/mol. The van der Waals surface area contributed by atoms with Gasteiger partial charge in [-0.15, -0.1) is 0 Å². The summed E-state index contributed by atoms with van der Waals surface area (Å²) in [6, 6.07) is 4.44. The summed E-state index contributed by atoms with van der Waals surface area (Å²) in [7, 11) is 0. The summed E-state index contributed by atoms with van der Waals surface area (Å²) in [5, 5.41) is 8.60. The first kappa shape index (κ1) is 21.7. The molecule has 3 saturated heterocycles. The standard InChI is InChI=1S/C22H30FN5O3/c23-18-13-16(25-19-3-4-20(29)26-22(19)31)1-2-17(18)15-5-9-28(10-6-15)21(30)14-27-11-7-24-8-12-27/h1-2,13,15,19,24-25H,3-12,14H2,(H,26,29,31)/t19-/m0/s1. The minimum absolute atomic E-state index is 0.0767. The van der Waals surface area contributed by atoms with Crippen LogP contribution in [0, 0.1) is 5.82 Å². The van der Waals surface area contributed by atoms with Gasteiger partial charge in [0.05, 0.1) is 6.54 Å². The van der Waals surface area contributed by atoms with Gasteiger partial charge in [0.15, 0.2) is 0 Å². The monoisotopic (exact) mass is 431 g/mol. The molecule has 9 heteroatoms. The molecule has 0 bridgehead atoms. The number of amides is 3. The van der Waals surface area contributed by atoms with Crippen LogP contribution in [0.5, 0.6) is 0 Å². The van der Waals surface area contributed by atoms with E-state index in [1.165, 1.54) is 6.07 Å². The van der Waals surface area contributed by atoms with Gasteiger partial charge in [-0.25, -0.2) is 4.39 Å². The van der Waals surface area contributed by atoms with Crippen LogP contribution in [-0.2, 0) is 14.4 Å². The van der Waals surface area contributed by atoms with Gasteiger partial charge in [-0.05, 0) is 42.9 Å². The zero-order valence-corrected chi connectivity index (χ0v) is 17.7. The summed E-state index contributed by atoms with van der Waals surface area (Å²) >= 11 is 0. The maximum atomic E-state index is 14.8. The number of piperidine rings is 2. The van der Waals surface area contributed by atoms with Gasteiger partial charge in [0, 0.05) is 51.4 Å². The largest absolute Gasteiger partial charge is 0.374 e. The van der Waals surface area contributed by atoms with Crippen molar-refractivity contribution in [2.75, 3.05) is 51.1 Å². The molecule has 0 spiro atoms. The van der Waals surface area contributed by atoms with E-state index in [9.17, 15) is 18.8 Å². The Kier molecular flexibility index (Phi) is 6.82. The molecule has 1 aromatic rings. The number of hydrogen-bond acceptors (Lipinski definition) is 6. The van der Waals surface area contributed by atoms with E-state index >= 15 is 0 Å². The molecule has 0 unspecified atom stereocenters. The van der Waals surface area contributed by atoms with Crippen molar-refractivity contribution >= 4 is 23.4 Å². The van der Waals surface area contributed by atoms with E-state index in [0.717, 1.165) is 39.0 Å². The summed E-state index contributed by atoms with van der Waals surface area (Å²) in [6.45, 7) is 5.38. The maximum Gasteiger partial charge on any atom is 0.249 e. The zero-order chi connectivity index (χ0) is 21.8. The Morgan fingerprint density at radius 2 is 1.84 bits per heavy atom. The van der Waals surface area contributed by atoms with Gasteiger partial charge in [-0.3, -0.25) is 24.6 Å². The Hall–Kier alpha value is -2.52. The van der Waals surface area contributed by atoms with E-state index in [0.29, 0.717) is 37.3 Å². The Labute approximate surface area is 181 Å². The number of carbonyl (C=O) groups excluding carboxylic acids is 3. The van der Waals surface area contributed by atoms with E-state index in [-0.39, 0.29) is 35.9 Å². The molecule has 1 atom stereocenters. The van der Waals surface area contributed by atoms with Gasteiger partial charge in [-0.2, -0.15) is 0 Å². The van der Waals surface area contributed by atoms with Crippen LogP contribution in [0.15, 0.2) is 18.2 Å². The molecule has 168 valence electrons. The molecular weight excluding hydrogens is 401 g/mol. The number of nitrogens with zero attached hydrogens (tertiary/aromatic N) is 2. The number of carbonyl (C=O) groups is 3. The number of nitrogens with one attached hydrogen (secondary N) is 3. The quantitative estimate of drug-likeness (QED) is 0.593. The summed E-state index contributed by atoms with van der Waals surface area (Å²) in [4.78, 5) is 39.8. The Bertz CT molecular complexity index is 834. The summed E-state index contributed by atoms with van der Waals surface area (Å²) in [5.74, 6) is -0.721. The second kappa shape index (κ2) is 9.74. The molecule has 0 saturated carbocycles. The lowest BCUT2D eigenvalue weighted by Crippen LogP contribution is -2.49. The van der Waals surface area contributed by atoms with Crippen molar-refractivity contribution in [1.29, 1.82) is 0 Å². The molecule has 3 aliphatic rings. The molecule has 3 fully saturated rings. The first-order valence-electron chi connectivity index (χ1n) is 11.1. The third-order valence-electron chi connectivity index (χ3n) is 6.44. The second-order valence-electron chi connectivity index (χ2n) is 8.57. The lowest BCUT2D eigenvalue weighted by Gasteiger charge is -2.35. The lowest BCUT2D eigenvalue weighted by atomic mass is 9.88. The minimum atomic E-state index is -0.534. The molecule has 3 heterocycles. The fraction of sp³-hybridized carbons (Fsp3) is 0.591. The van der Waals surface area contributed by atoms with E-state index < -0.39 is 6.04 Å². The van der Waals surface area contributed by atoms with Crippen LogP contribution in [0.25, 0.3) is 0 Å². The maximum absolute atomic E-state index is 14.8. The third kappa shape index (κ3) is 5.40. The fourth-order valence-electron chi connectivity index (χ4n) is 4.58. The van der Waals surface area contributed by atoms with Crippen molar-refractivity contribution in [1.82, 2.24) is 20.4 Å². The fourth-order valence-corrected chi connectivity index (χ4v) is 4.58. The molecule has 3 N–H and O–H groups in total. The van der Waals surface area contributed by atoms with E-state index in [2.05, 4.69) is 20.9 Å². The van der Waals surface area contributed by atoms with E-state index in [1.807, 2.05) is 4.90 Å². The van der Waals surface area contributed by atoms with Crippen molar-refractivity contribution < 1.29 is 18.8 Å². The van der Waals surface area contributed by atoms with Crippen LogP contribution in [0.1, 0.15) is 37.2 Å². The third-order valence-corrected chi connectivity index (χ3v) is 6.44. The van der Waals surface area contributed by atoms with Gasteiger partial charge in [0.1, 0.15) is 11.9 Å². The molecule has 31 heavy (non-hydrogen) atoms. The predicted molar refractivity (Wildman–Crippen MR) is 114 cm³/mol. The van der Waals surface area contributed by atoms with Crippen LogP contribution in [-0.4, -0.2) is 79.4 Å². The van der Waals surface area contributed by atoms with Gasteiger partial charge in [0.25, 0.3) is 0 Å². The number of halogens is 1. The Morgan fingerprint density at radius 3 is 2.52 bits per heavy atom. The van der Waals surface area contributed by atoms with Gasteiger partial charge >= 0.3 is 0 Å². The number of likely N-dealkylation sites (tertiary alicyclic amines) is 1. The zero-order valence-electron chi connectivity index (χ0n) is 17.7. The Balaban J connectivity index is 1.29. The molecule has 4 rings (SSSR count). The van der Waals surface area contributed by atoms with Crippen molar-refractivity contribution in [2.45, 2.75) is 37.6 Å². The van der Waals surface area contributed by atoms with Crippen LogP contribution in [0.2, 0.25) is 0 Å². The highest BCUT2D eigenvalue weighted by molar-refractivity contribution is 6.01. The topological polar surface area (TPSA) is 93.8 Å². The Morgan fingerprint density at radius 1 is 1.10 bits per heavy atom. The van der Waals surface area contributed by atoms with Crippen molar-refractivity contribution in [2.24, 2.45) is 0 Å². The van der Waals surface area contributed by atoms with Crippen LogP contribution < -0.4 is 16.0 Å². The van der Waals surface area contributed by atoms with Gasteiger partial charge in [-0.1, -0.05) is 6.07 Å². The molecule has 0 aliphatic carbocycles. The van der Waals surface area contributed by atoms with Crippen molar-refractivity contribution in [3.05, 3.63) is 29.6 Å². The molecule has 0 radical (unpaired) electrons. The second-order valence-corrected chi connectivity index (χ2v) is 8.57. The summed E-state index contributed by atoms with van der Waals surface area (Å²) < 4.78 is 14.8. The number of rotatable bonds is 5. The number of piperazine rings is 1. The van der Waals surface area contributed by atoms with Crippen LogP contribution in [0.3, 0.4) is 0 Å². The van der Waals surface area contributed by atoms with Crippen molar-refractivity contribution in [3.63, 3.8) is 0 Å². The summed E-state index contributed by atoms with van der Waals surface area (Å²) in [6.07, 6.45) is 2.15. The molecular formula is C22H30FN5O3. The van der Waals surface area contributed by atoms with E-state index in [1.54, 1.807) is 12.1 Å². The smallest absolute Gasteiger partial charge is 0.249 e. The molecule has 3 aliphatic heterocycles. The van der Waals surface area contributed by atoms with Gasteiger partial charge in [0.2, 0.25) is 17.7 Å². The summed E-state index contributed by atoms with van der Waals surface area (Å²) in [5.41, 5.74) is 1.18. The molecule has 0 aromatic heterocycles. The average Bonchev–Trinajstić information content (AvgIpc) is 2.77. The van der Waals surface area contributed by atoms with Crippen LogP contribution in [0.4, 0.5) is 10.1 Å².